The SMILES string of the molecule is CN1CCOC[C@H]1COc1nccc(CO)n1. The molecule has 6 heteroatoms. The maximum Gasteiger partial charge on any atom is 0.316 e. The Kier molecular flexibility index (Phi) is 4.24. The first-order chi connectivity index (χ1) is 8.29. The summed E-state index contributed by atoms with van der Waals surface area (Å²) in [7, 11) is 2.04. The molecule has 1 atom stereocenters. The quantitative estimate of drug-likeness (QED) is 0.776. The van der Waals surface area contributed by atoms with Crippen molar-refractivity contribution in [2.45, 2.75) is 12.6 Å². The summed E-state index contributed by atoms with van der Waals surface area (Å²) >= 11 is 0. The Bertz CT molecular complexity index is 362. The Morgan fingerprint density at radius 2 is 2.53 bits per heavy atom. The number of hydrogen-bond donors (Lipinski definition) is 1. The smallest absolute Gasteiger partial charge is 0.316 e. The summed E-state index contributed by atoms with van der Waals surface area (Å²) in [5.74, 6) is 0. The van der Waals surface area contributed by atoms with Gasteiger partial charge in [-0.1, -0.05) is 0 Å². The predicted molar refractivity (Wildman–Crippen MR) is 60.7 cm³/mol. The molecule has 2 heterocycles. The van der Waals surface area contributed by atoms with Gasteiger partial charge in [-0.2, -0.15) is 4.98 Å². The van der Waals surface area contributed by atoms with E-state index in [9.17, 15) is 0 Å². The van der Waals surface area contributed by atoms with E-state index in [1.807, 2.05) is 7.05 Å². The average molecular weight is 239 g/mol. The minimum absolute atomic E-state index is 0.106. The maximum atomic E-state index is 8.95. The fourth-order valence-corrected chi connectivity index (χ4v) is 1.62. The third-order valence-corrected chi connectivity index (χ3v) is 2.78. The molecule has 1 fully saturated rings. The van der Waals surface area contributed by atoms with Gasteiger partial charge in [0.1, 0.15) is 6.61 Å². The zero-order valence-corrected chi connectivity index (χ0v) is 9.87. The summed E-state index contributed by atoms with van der Waals surface area (Å²) in [5, 5.41) is 8.95. The van der Waals surface area contributed by atoms with E-state index < -0.39 is 0 Å². The van der Waals surface area contributed by atoms with Crippen molar-refractivity contribution in [3.05, 3.63) is 18.0 Å². The van der Waals surface area contributed by atoms with Crippen LogP contribution in [-0.2, 0) is 11.3 Å². The lowest BCUT2D eigenvalue weighted by molar-refractivity contribution is -0.0120. The van der Waals surface area contributed by atoms with Gasteiger partial charge >= 0.3 is 6.01 Å². The normalized spacial score (nSPS) is 21.4. The molecule has 0 spiro atoms. The minimum atomic E-state index is -0.106. The van der Waals surface area contributed by atoms with Gasteiger partial charge in [-0.15, -0.1) is 0 Å². The highest BCUT2D eigenvalue weighted by atomic mass is 16.5. The van der Waals surface area contributed by atoms with Crippen molar-refractivity contribution in [3.63, 3.8) is 0 Å². The van der Waals surface area contributed by atoms with Crippen molar-refractivity contribution < 1.29 is 14.6 Å². The second-order valence-electron chi connectivity index (χ2n) is 4.01. The van der Waals surface area contributed by atoms with Crippen molar-refractivity contribution in [2.75, 3.05) is 33.4 Å². The molecular weight excluding hydrogens is 222 g/mol. The number of aliphatic hydroxyl groups is 1. The highest BCUT2D eigenvalue weighted by Crippen LogP contribution is 2.08. The van der Waals surface area contributed by atoms with E-state index >= 15 is 0 Å². The summed E-state index contributed by atoms with van der Waals surface area (Å²) in [5.41, 5.74) is 0.559. The molecule has 1 aromatic rings. The molecule has 94 valence electrons. The summed E-state index contributed by atoms with van der Waals surface area (Å²) in [6.07, 6.45) is 1.58. The van der Waals surface area contributed by atoms with Crippen LogP contribution in [0.5, 0.6) is 6.01 Å². The van der Waals surface area contributed by atoms with Crippen LogP contribution in [0.1, 0.15) is 5.69 Å². The number of morpholine rings is 1. The second-order valence-corrected chi connectivity index (χ2v) is 4.01. The van der Waals surface area contributed by atoms with E-state index in [1.165, 1.54) is 0 Å². The number of hydrogen-bond acceptors (Lipinski definition) is 6. The van der Waals surface area contributed by atoms with Crippen molar-refractivity contribution >= 4 is 0 Å². The van der Waals surface area contributed by atoms with Crippen molar-refractivity contribution in [2.24, 2.45) is 0 Å². The van der Waals surface area contributed by atoms with E-state index in [1.54, 1.807) is 12.3 Å². The van der Waals surface area contributed by atoms with Crippen molar-refractivity contribution in [1.82, 2.24) is 14.9 Å². The molecule has 2 rings (SSSR count). The van der Waals surface area contributed by atoms with Gasteiger partial charge in [-0.25, -0.2) is 4.98 Å². The summed E-state index contributed by atoms with van der Waals surface area (Å²) in [6.45, 7) is 2.72. The largest absolute Gasteiger partial charge is 0.462 e. The average Bonchev–Trinajstić information content (AvgIpc) is 2.38. The van der Waals surface area contributed by atoms with E-state index in [-0.39, 0.29) is 12.6 Å². The topological polar surface area (TPSA) is 67.7 Å². The van der Waals surface area contributed by atoms with Gasteiger partial charge < -0.3 is 14.6 Å². The highest BCUT2D eigenvalue weighted by molar-refractivity contribution is 5.04. The van der Waals surface area contributed by atoms with Gasteiger partial charge in [-0.05, 0) is 13.1 Å². The Morgan fingerprint density at radius 1 is 1.65 bits per heavy atom. The molecule has 0 aromatic carbocycles. The molecule has 17 heavy (non-hydrogen) atoms. The van der Waals surface area contributed by atoms with E-state index in [2.05, 4.69) is 14.9 Å². The number of ether oxygens (including phenoxy) is 2. The number of aliphatic hydroxyl groups excluding tert-OH is 1. The molecule has 1 aromatic heterocycles. The third kappa shape index (κ3) is 3.36. The molecule has 1 aliphatic rings. The highest BCUT2D eigenvalue weighted by Gasteiger charge is 2.20. The first-order valence-corrected chi connectivity index (χ1v) is 5.63. The van der Waals surface area contributed by atoms with Gasteiger partial charge in [0.2, 0.25) is 0 Å². The monoisotopic (exact) mass is 239 g/mol. The second kappa shape index (κ2) is 5.90. The molecule has 0 amide bonds. The molecule has 1 N–H and O–H groups in total. The van der Waals surface area contributed by atoms with Crippen LogP contribution in [0.3, 0.4) is 0 Å². The number of aromatic nitrogens is 2. The van der Waals surface area contributed by atoms with Crippen LogP contribution >= 0.6 is 0 Å². The van der Waals surface area contributed by atoms with Crippen LogP contribution in [0.15, 0.2) is 12.3 Å². The fourth-order valence-electron chi connectivity index (χ4n) is 1.62. The number of likely N-dealkylation sites (N-methyl/N-ethyl adjacent to an activating group) is 1. The molecule has 0 radical (unpaired) electrons. The Morgan fingerprint density at radius 3 is 3.29 bits per heavy atom. The Balaban J connectivity index is 1.88. The van der Waals surface area contributed by atoms with E-state index in [4.69, 9.17) is 14.6 Å². The van der Waals surface area contributed by atoms with Crippen LogP contribution in [0.4, 0.5) is 0 Å². The standard InChI is InChI=1S/C11H17N3O3/c1-14-4-5-16-7-10(14)8-17-11-12-3-2-9(6-15)13-11/h2-3,10,15H,4-8H2,1H3/t10-/m0/s1. The number of rotatable bonds is 4. The molecule has 0 unspecified atom stereocenters. The van der Waals surface area contributed by atoms with Crippen molar-refractivity contribution in [3.8, 4) is 6.01 Å². The first kappa shape index (κ1) is 12.2. The molecule has 1 saturated heterocycles. The fraction of sp³-hybridized carbons (Fsp3) is 0.636. The van der Waals surface area contributed by atoms with Gasteiger partial charge in [0.15, 0.2) is 0 Å². The zero-order chi connectivity index (χ0) is 12.1. The van der Waals surface area contributed by atoms with Gasteiger partial charge in [0.05, 0.1) is 31.6 Å². The van der Waals surface area contributed by atoms with Crippen LogP contribution < -0.4 is 4.74 Å². The lowest BCUT2D eigenvalue weighted by Crippen LogP contribution is -2.46. The van der Waals surface area contributed by atoms with E-state index in [0.29, 0.717) is 24.9 Å². The summed E-state index contributed by atoms with van der Waals surface area (Å²) in [6, 6.07) is 2.18. The maximum absolute atomic E-state index is 8.95. The van der Waals surface area contributed by atoms with Crippen LogP contribution in [-0.4, -0.2) is 59.4 Å². The van der Waals surface area contributed by atoms with Crippen molar-refractivity contribution in [1.29, 1.82) is 0 Å². The first-order valence-electron chi connectivity index (χ1n) is 5.63. The Labute approximate surface area is 100 Å². The Hall–Kier alpha value is -1.24. The number of nitrogens with zero attached hydrogens (tertiary/aromatic N) is 3. The van der Waals surface area contributed by atoms with Crippen LogP contribution in [0.2, 0.25) is 0 Å². The van der Waals surface area contributed by atoms with Gasteiger partial charge in [0.25, 0.3) is 0 Å². The summed E-state index contributed by atoms with van der Waals surface area (Å²) in [4.78, 5) is 10.2. The molecule has 0 bridgehead atoms. The molecule has 1 aliphatic heterocycles. The van der Waals surface area contributed by atoms with E-state index in [0.717, 1.165) is 13.2 Å². The molecule has 6 nitrogen and oxygen atoms in total. The molecule has 0 saturated carbocycles. The molecular formula is C11H17N3O3. The van der Waals surface area contributed by atoms with Gasteiger partial charge in [0, 0.05) is 12.7 Å². The minimum Gasteiger partial charge on any atom is -0.462 e. The van der Waals surface area contributed by atoms with Crippen LogP contribution in [0, 0.1) is 0 Å². The summed E-state index contributed by atoms with van der Waals surface area (Å²) < 4.78 is 10.9. The lowest BCUT2D eigenvalue weighted by Gasteiger charge is -2.31. The third-order valence-electron chi connectivity index (χ3n) is 2.78. The lowest BCUT2D eigenvalue weighted by atomic mass is 10.2. The molecule has 0 aliphatic carbocycles. The zero-order valence-electron chi connectivity index (χ0n) is 9.87. The van der Waals surface area contributed by atoms with Crippen LogP contribution in [0.25, 0.3) is 0 Å². The van der Waals surface area contributed by atoms with Gasteiger partial charge in [-0.3, -0.25) is 4.90 Å². The predicted octanol–water partition coefficient (Wildman–Crippen LogP) is -0.322.